The minimum Gasteiger partial charge on any atom is -0.387 e. The van der Waals surface area contributed by atoms with Crippen molar-refractivity contribution in [1.29, 1.82) is 0 Å². The molecule has 1 heterocycles. The van der Waals surface area contributed by atoms with Gasteiger partial charge in [-0.2, -0.15) is 0 Å². The third-order valence-electron chi connectivity index (χ3n) is 3.45. The van der Waals surface area contributed by atoms with Crippen molar-refractivity contribution in [2.24, 2.45) is 0 Å². The lowest BCUT2D eigenvalue weighted by Crippen LogP contribution is -2.35. The Labute approximate surface area is 114 Å². The van der Waals surface area contributed by atoms with Gasteiger partial charge in [-0.3, -0.25) is 4.79 Å². The second-order valence-corrected chi connectivity index (χ2v) is 5.00. The average Bonchev–Trinajstić information content (AvgIpc) is 2.46. The standard InChI is InChI=1S/C15H22N2O2/c1-11-6-7-14(16-2)13(9-11)15(18)17-10-12-5-3-4-8-19-12/h6-7,9,12,16H,3-5,8,10H2,1-2H3,(H,17,18). The van der Waals surface area contributed by atoms with Gasteiger partial charge < -0.3 is 15.4 Å². The number of ether oxygens (including phenoxy) is 1. The van der Waals surface area contributed by atoms with Gasteiger partial charge in [-0.15, -0.1) is 0 Å². The summed E-state index contributed by atoms with van der Waals surface area (Å²) in [6, 6.07) is 5.83. The van der Waals surface area contributed by atoms with Gasteiger partial charge >= 0.3 is 0 Å². The van der Waals surface area contributed by atoms with Gasteiger partial charge in [-0.25, -0.2) is 0 Å². The van der Waals surface area contributed by atoms with E-state index in [0.717, 1.165) is 30.7 Å². The highest BCUT2D eigenvalue weighted by Gasteiger charge is 2.16. The molecule has 1 aromatic carbocycles. The van der Waals surface area contributed by atoms with Crippen LogP contribution in [0, 0.1) is 6.92 Å². The van der Waals surface area contributed by atoms with Crippen molar-refractivity contribution < 1.29 is 9.53 Å². The van der Waals surface area contributed by atoms with Gasteiger partial charge in [0.1, 0.15) is 0 Å². The third kappa shape index (κ3) is 3.70. The van der Waals surface area contributed by atoms with Gasteiger partial charge in [0.05, 0.1) is 11.7 Å². The zero-order valence-corrected chi connectivity index (χ0v) is 11.7. The van der Waals surface area contributed by atoms with Crippen molar-refractivity contribution in [2.45, 2.75) is 32.3 Å². The van der Waals surface area contributed by atoms with Crippen LogP contribution >= 0.6 is 0 Å². The first-order valence-corrected chi connectivity index (χ1v) is 6.89. The number of carbonyl (C=O) groups excluding carboxylic acids is 1. The molecule has 4 heteroatoms. The van der Waals surface area contributed by atoms with Crippen LogP contribution < -0.4 is 10.6 Å². The first kappa shape index (κ1) is 13.9. The molecule has 1 fully saturated rings. The molecular weight excluding hydrogens is 240 g/mol. The number of hydrogen-bond acceptors (Lipinski definition) is 3. The summed E-state index contributed by atoms with van der Waals surface area (Å²) in [6.45, 7) is 3.39. The fourth-order valence-electron chi connectivity index (χ4n) is 2.33. The molecule has 19 heavy (non-hydrogen) atoms. The Morgan fingerprint density at radius 1 is 1.42 bits per heavy atom. The molecule has 4 nitrogen and oxygen atoms in total. The van der Waals surface area contributed by atoms with Crippen LogP contribution in [0.3, 0.4) is 0 Å². The maximum Gasteiger partial charge on any atom is 0.253 e. The molecule has 1 aromatic rings. The van der Waals surface area contributed by atoms with Gasteiger partial charge in [0, 0.05) is 25.9 Å². The van der Waals surface area contributed by atoms with Crippen molar-refractivity contribution in [3.8, 4) is 0 Å². The highest BCUT2D eigenvalue weighted by atomic mass is 16.5. The molecule has 2 N–H and O–H groups in total. The van der Waals surface area contributed by atoms with E-state index in [1.54, 1.807) is 0 Å². The maximum atomic E-state index is 12.2. The number of aryl methyl sites for hydroxylation is 1. The van der Waals surface area contributed by atoms with E-state index >= 15 is 0 Å². The molecule has 0 saturated carbocycles. The van der Waals surface area contributed by atoms with Crippen molar-refractivity contribution in [3.05, 3.63) is 29.3 Å². The molecule has 0 spiro atoms. The summed E-state index contributed by atoms with van der Waals surface area (Å²) >= 11 is 0. The first-order chi connectivity index (χ1) is 9.20. The zero-order chi connectivity index (χ0) is 13.7. The van der Waals surface area contributed by atoms with Crippen molar-refractivity contribution in [2.75, 3.05) is 25.5 Å². The number of anilines is 1. The summed E-state index contributed by atoms with van der Waals surface area (Å²) in [5.74, 6) is -0.0396. The van der Waals surface area contributed by atoms with Gasteiger partial charge in [0.2, 0.25) is 0 Å². The molecule has 1 aliphatic heterocycles. The van der Waals surface area contributed by atoms with E-state index in [9.17, 15) is 4.79 Å². The second kappa shape index (κ2) is 6.57. The Balaban J connectivity index is 1.97. The highest BCUT2D eigenvalue weighted by molar-refractivity contribution is 5.99. The normalized spacial score (nSPS) is 18.9. The van der Waals surface area contributed by atoms with Gasteiger partial charge in [0.25, 0.3) is 5.91 Å². The number of carbonyl (C=O) groups is 1. The largest absolute Gasteiger partial charge is 0.387 e. The monoisotopic (exact) mass is 262 g/mol. The Hall–Kier alpha value is -1.55. The van der Waals surface area contributed by atoms with Crippen molar-refractivity contribution in [3.63, 3.8) is 0 Å². The predicted octanol–water partition coefficient (Wildman–Crippen LogP) is 2.34. The van der Waals surface area contributed by atoms with Gasteiger partial charge in [-0.05, 0) is 38.3 Å². The van der Waals surface area contributed by atoms with Gasteiger partial charge in [0.15, 0.2) is 0 Å². The quantitative estimate of drug-likeness (QED) is 0.875. The summed E-state index contributed by atoms with van der Waals surface area (Å²) < 4.78 is 5.61. The van der Waals surface area contributed by atoms with Crippen LogP contribution in [-0.4, -0.2) is 32.2 Å². The Morgan fingerprint density at radius 2 is 2.26 bits per heavy atom. The first-order valence-electron chi connectivity index (χ1n) is 6.89. The molecule has 0 aromatic heterocycles. The summed E-state index contributed by atoms with van der Waals surface area (Å²) in [4.78, 5) is 12.2. The molecule has 104 valence electrons. The lowest BCUT2D eigenvalue weighted by molar-refractivity contribution is 0.0169. The molecule has 1 amide bonds. The zero-order valence-electron chi connectivity index (χ0n) is 11.7. The predicted molar refractivity (Wildman–Crippen MR) is 76.6 cm³/mol. The lowest BCUT2D eigenvalue weighted by atomic mass is 10.1. The average molecular weight is 262 g/mol. The van der Waals surface area contributed by atoms with Crippen LogP contribution in [0.5, 0.6) is 0 Å². The molecule has 1 aliphatic rings. The van der Waals surface area contributed by atoms with Crippen LogP contribution in [0.1, 0.15) is 35.2 Å². The number of rotatable bonds is 4. The van der Waals surface area contributed by atoms with E-state index in [-0.39, 0.29) is 12.0 Å². The Kier molecular flexibility index (Phi) is 4.80. The Morgan fingerprint density at radius 3 is 2.95 bits per heavy atom. The minimum absolute atomic E-state index is 0.0396. The van der Waals surface area contributed by atoms with Crippen LogP contribution in [0.4, 0.5) is 5.69 Å². The smallest absolute Gasteiger partial charge is 0.253 e. The van der Waals surface area contributed by atoms with E-state index < -0.39 is 0 Å². The van der Waals surface area contributed by atoms with E-state index in [1.807, 2.05) is 32.2 Å². The molecule has 1 atom stereocenters. The molecule has 0 aliphatic carbocycles. The fraction of sp³-hybridized carbons (Fsp3) is 0.533. The topological polar surface area (TPSA) is 50.4 Å². The highest BCUT2D eigenvalue weighted by Crippen LogP contribution is 2.17. The molecule has 2 rings (SSSR count). The number of hydrogen-bond donors (Lipinski definition) is 2. The molecule has 0 bridgehead atoms. The number of benzene rings is 1. The number of amides is 1. The van der Waals surface area contributed by atoms with E-state index in [0.29, 0.717) is 12.1 Å². The van der Waals surface area contributed by atoms with Crippen LogP contribution in [0.15, 0.2) is 18.2 Å². The second-order valence-electron chi connectivity index (χ2n) is 5.00. The molecular formula is C15H22N2O2. The summed E-state index contributed by atoms with van der Waals surface area (Å²) in [5.41, 5.74) is 2.63. The van der Waals surface area contributed by atoms with E-state index in [1.165, 1.54) is 6.42 Å². The Bertz CT molecular complexity index is 440. The van der Waals surface area contributed by atoms with Crippen LogP contribution in [0.25, 0.3) is 0 Å². The third-order valence-corrected chi connectivity index (χ3v) is 3.45. The van der Waals surface area contributed by atoms with Crippen molar-refractivity contribution in [1.82, 2.24) is 5.32 Å². The van der Waals surface area contributed by atoms with Crippen LogP contribution in [-0.2, 0) is 4.74 Å². The molecule has 1 saturated heterocycles. The minimum atomic E-state index is -0.0396. The van der Waals surface area contributed by atoms with E-state index in [4.69, 9.17) is 4.74 Å². The summed E-state index contributed by atoms with van der Waals surface area (Å²) in [5, 5.41) is 6.02. The lowest BCUT2D eigenvalue weighted by Gasteiger charge is -2.23. The maximum absolute atomic E-state index is 12.2. The fourth-order valence-corrected chi connectivity index (χ4v) is 2.33. The number of nitrogens with one attached hydrogen (secondary N) is 2. The summed E-state index contributed by atoms with van der Waals surface area (Å²) in [7, 11) is 1.83. The summed E-state index contributed by atoms with van der Waals surface area (Å²) in [6.07, 6.45) is 3.52. The molecule has 1 unspecified atom stereocenters. The van der Waals surface area contributed by atoms with Crippen molar-refractivity contribution >= 4 is 11.6 Å². The van der Waals surface area contributed by atoms with E-state index in [2.05, 4.69) is 10.6 Å². The SMILES string of the molecule is CNc1ccc(C)cc1C(=O)NCC1CCCCO1. The van der Waals surface area contributed by atoms with Crippen LogP contribution in [0.2, 0.25) is 0 Å². The van der Waals surface area contributed by atoms with Gasteiger partial charge in [-0.1, -0.05) is 11.6 Å². The molecule has 0 radical (unpaired) electrons.